The quantitative estimate of drug-likeness (QED) is 0.617. The zero-order valence-electron chi connectivity index (χ0n) is 16.2. The Morgan fingerprint density at radius 3 is 2.80 bits per heavy atom. The molecule has 0 aliphatic carbocycles. The smallest absolute Gasteiger partial charge is 0.261 e. The lowest BCUT2D eigenvalue weighted by Gasteiger charge is -2.38. The van der Waals surface area contributed by atoms with Gasteiger partial charge in [0.25, 0.3) is 5.56 Å². The number of benzene rings is 2. The third-order valence-corrected chi connectivity index (χ3v) is 6.10. The van der Waals surface area contributed by atoms with Crippen LogP contribution in [-0.4, -0.2) is 35.2 Å². The van der Waals surface area contributed by atoms with Crippen LogP contribution in [-0.2, 0) is 21.5 Å². The summed E-state index contributed by atoms with van der Waals surface area (Å²) >= 11 is 3.35. The van der Waals surface area contributed by atoms with Crippen molar-refractivity contribution in [3.05, 3.63) is 75.0 Å². The molecule has 2 aromatic carbocycles. The molecule has 1 amide bonds. The maximum absolute atomic E-state index is 13.8. The SMILES string of the molecule is O=C(Cn1cnc2ccc(Br)cc2c1=O)NCC1(c2cccc(F)c2)CCOCC1. The number of ether oxygens (including phenoxy) is 1. The fraction of sp³-hybridized carbons (Fsp3) is 0.318. The van der Waals surface area contributed by atoms with Crippen LogP contribution in [0.2, 0.25) is 0 Å². The molecule has 0 atom stereocenters. The second kappa shape index (κ2) is 8.65. The number of hydrogen-bond acceptors (Lipinski definition) is 4. The molecule has 0 saturated carbocycles. The van der Waals surface area contributed by atoms with Crippen LogP contribution in [0.5, 0.6) is 0 Å². The lowest BCUT2D eigenvalue weighted by atomic mass is 9.74. The molecule has 4 rings (SSSR count). The average molecular weight is 474 g/mol. The maximum Gasteiger partial charge on any atom is 0.261 e. The first kappa shape index (κ1) is 20.7. The molecule has 30 heavy (non-hydrogen) atoms. The van der Waals surface area contributed by atoms with Crippen LogP contribution in [0.1, 0.15) is 18.4 Å². The van der Waals surface area contributed by atoms with Gasteiger partial charge in [0.15, 0.2) is 0 Å². The number of rotatable bonds is 5. The Labute approximate surface area is 181 Å². The van der Waals surface area contributed by atoms with E-state index >= 15 is 0 Å². The van der Waals surface area contributed by atoms with Crippen molar-refractivity contribution < 1.29 is 13.9 Å². The van der Waals surface area contributed by atoms with Crippen LogP contribution in [0.15, 0.2) is 58.1 Å². The van der Waals surface area contributed by atoms with Crippen molar-refractivity contribution in [2.45, 2.75) is 24.8 Å². The average Bonchev–Trinajstić information content (AvgIpc) is 2.75. The van der Waals surface area contributed by atoms with Gasteiger partial charge in [-0.05, 0) is 48.7 Å². The monoisotopic (exact) mass is 473 g/mol. The number of aromatic nitrogens is 2. The number of carbonyl (C=O) groups excluding carboxylic acids is 1. The van der Waals surface area contributed by atoms with Crippen molar-refractivity contribution in [1.82, 2.24) is 14.9 Å². The van der Waals surface area contributed by atoms with Crippen molar-refractivity contribution in [1.29, 1.82) is 0 Å². The van der Waals surface area contributed by atoms with E-state index in [-0.39, 0.29) is 23.8 Å². The minimum Gasteiger partial charge on any atom is -0.381 e. The minimum atomic E-state index is -0.395. The van der Waals surface area contributed by atoms with E-state index in [0.29, 0.717) is 43.5 Å². The van der Waals surface area contributed by atoms with Crippen LogP contribution in [0.3, 0.4) is 0 Å². The zero-order chi connectivity index (χ0) is 21.1. The second-order valence-electron chi connectivity index (χ2n) is 7.52. The van der Waals surface area contributed by atoms with Gasteiger partial charge >= 0.3 is 0 Å². The second-order valence-corrected chi connectivity index (χ2v) is 8.43. The summed E-state index contributed by atoms with van der Waals surface area (Å²) in [6, 6.07) is 11.8. The van der Waals surface area contributed by atoms with Gasteiger partial charge in [-0.3, -0.25) is 14.2 Å². The van der Waals surface area contributed by atoms with Crippen molar-refractivity contribution >= 4 is 32.7 Å². The Kier molecular flexibility index (Phi) is 5.97. The number of halogens is 2. The highest BCUT2D eigenvalue weighted by Gasteiger charge is 2.35. The van der Waals surface area contributed by atoms with Crippen LogP contribution >= 0.6 is 15.9 Å². The lowest BCUT2D eigenvalue weighted by molar-refractivity contribution is -0.122. The Hall–Kier alpha value is -2.58. The molecule has 2 heterocycles. The van der Waals surface area contributed by atoms with E-state index in [1.807, 2.05) is 12.1 Å². The fourth-order valence-corrected chi connectivity index (χ4v) is 4.23. The molecule has 0 spiro atoms. The summed E-state index contributed by atoms with van der Waals surface area (Å²) in [5.74, 6) is -0.597. The molecular weight excluding hydrogens is 453 g/mol. The molecule has 3 aromatic rings. The minimum absolute atomic E-state index is 0.135. The Morgan fingerprint density at radius 2 is 2.03 bits per heavy atom. The van der Waals surface area contributed by atoms with Crippen LogP contribution in [0.4, 0.5) is 4.39 Å². The Balaban J connectivity index is 1.51. The summed E-state index contributed by atoms with van der Waals surface area (Å²) in [4.78, 5) is 29.6. The van der Waals surface area contributed by atoms with Gasteiger partial charge < -0.3 is 10.1 Å². The number of nitrogens with one attached hydrogen (secondary N) is 1. The molecular formula is C22H21BrFN3O3. The molecule has 8 heteroatoms. The van der Waals surface area contributed by atoms with Gasteiger partial charge in [-0.15, -0.1) is 0 Å². The van der Waals surface area contributed by atoms with Crippen molar-refractivity contribution in [3.63, 3.8) is 0 Å². The van der Waals surface area contributed by atoms with Gasteiger partial charge in [-0.25, -0.2) is 9.37 Å². The first-order valence-corrected chi connectivity index (χ1v) is 10.5. The molecule has 1 saturated heterocycles. The van der Waals surface area contributed by atoms with Crippen LogP contribution < -0.4 is 10.9 Å². The van der Waals surface area contributed by atoms with Crippen LogP contribution in [0.25, 0.3) is 10.9 Å². The predicted octanol–water partition coefficient (Wildman–Crippen LogP) is 3.16. The van der Waals surface area contributed by atoms with E-state index in [1.165, 1.54) is 23.0 Å². The first-order chi connectivity index (χ1) is 14.5. The topological polar surface area (TPSA) is 73.2 Å². The molecule has 1 aliphatic rings. The standard InChI is InChI=1S/C22H21BrFN3O3/c23-16-4-5-19-18(11-16)21(29)27(14-26-19)12-20(28)25-13-22(6-8-30-9-7-22)15-2-1-3-17(24)10-15/h1-5,10-11,14H,6-9,12-13H2,(H,25,28). The molecule has 156 valence electrons. The Bertz CT molecular complexity index is 1140. The fourth-order valence-electron chi connectivity index (χ4n) is 3.87. The summed E-state index contributed by atoms with van der Waals surface area (Å²) in [5, 5.41) is 3.38. The normalized spacial score (nSPS) is 15.8. The number of amides is 1. The highest BCUT2D eigenvalue weighted by atomic mass is 79.9. The van der Waals surface area contributed by atoms with Crippen molar-refractivity contribution in [2.24, 2.45) is 0 Å². The molecule has 0 radical (unpaired) electrons. The van der Waals surface area contributed by atoms with Gasteiger partial charge in [-0.1, -0.05) is 28.1 Å². The van der Waals surface area contributed by atoms with E-state index < -0.39 is 5.41 Å². The third-order valence-electron chi connectivity index (χ3n) is 5.61. The zero-order valence-corrected chi connectivity index (χ0v) is 17.8. The molecule has 1 aliphatic heterocycles. The van der Waals surface area contributed by atoms with E-state index in [1.54, 1.807) is 18.2 Å². The van der Waals surface area contributed by atoms with Gasteiger partial charge in [0, 0.05) is 29.6 Å². The van der Waals surface area contributed by atoms with E-state index in [2.05, 4.69) is 26.2 Å². The number of carbonyl (C=O) groups is 1. The van der Waals surface area contributed by atoms with E-state index in [9.17, 15) is 14.0 Å². The first-order valence-electron chi connectivity index (χ1n) is 9.72. The summed E-state index contributed by atoms with van der Waals surface area (Å²) in [6.07, 6.45) is 2.75. The number of hydrogen-bond donors (Lipinski definition) is 1. The molecule has 1 fully saturated rings. The van der Waals surface area contributed by atoms with Crippen molar-refractivity contribution in [2.75, 3.05) is 19.8 Å². The largest absolute Gasteiger partial charge is 0.381 e. The molecule has 0 bridgehead atoms. The van der Waals surface area contributed by atoms with Crippen molar-refractivity contribution in [3.8, 4) is 0 Å². The maximum atomic E-state index is 13.8. The molecule has 6 nitrogen and oxygen atoms in total. The molecule has 1 N–H and O–H groups in total. The summed E-state index contributed by atoms with van der Waals surface area (Å²) in [7, 11) is 0. The lowest BCUT2D eigenvalue weighted by Crippen LogP contribution is -2.45. The number of nitrogens with zero attached hydrogens (tertiary/aromatic N) is 2. The summed E-state index contributed by atoms with van der Waals surface area (Å²) < 4.78 is 21.4. The van der Waals surface area contributed by atoms with Crippen LogP contribution in [0, 0.1) is 5.82 Å². The summed E-state index contributed by atoms with van der Waals surface area (Å²) in [6.45, 7) is 1.31. The van der Waals surface area contributed by atoms with Gasteiger partial charge in [0.05, 0.1) is 17.2 Å². The van der Waals surface area contributed by atoms with E-state index in [0.717, 1.165) is 10.0 Å². The van der Waals surface area contributed by atoms with Gasteiger partial charge in [0.2, 0.25) is 5.91 Å². The predicted molar refractivity (Wildman–Crippen MR) is 115 cm³/mol. The third kappa shape index (κ3) is 4.29. The summed E-state index contributed by atoms with van der Waals surface area (Å²) in [5.41, 5.74) is 0.753. The van der Waals surface area contributed by atoms with Gasteiger partial charge in [-0.2, -0.15) is 0 Å². The molecule has 1 aromatic heterocycles. The highest BCUT2D eigenvalue weighted by molar-refractivity contribution is 9.10. The van der Waals surface area contributed by atoms with E-state index in [4.69, 9.17) is 4.74 Å². The highest BCUT2D eigenvalue weighted by Crippen LogP contribution is 2.34. The Morgan fingerprint density at radius 1 is 1.23 bits per heavy atom. The van der Waals surface area contributed by atoms with Gasteiger partial charge in [0.1, 0.15) is 12.4 Å². The molecule has 0 unspecified atom stereocenters. The number of fused-ring (bicyclic) bond motifs is 1.